The molecule has 1 rings (SSSR count). The second kappa shape index (κ2) is 6.24. The highest BCUT2D eigenvalue weighted by molar-refractivity contribution is 5.86. The molecule has 0 aliphatic carbocycles. The van der Waals surface area contributed by atoms with Crippen molar-refractivity contribution in [2.75, 3.05) is 18.5 Å². The van der Waals surface area contributed by atoms with Crippen molar-refractivity contribution in [2.45, 2.75) is 27.2 Å². The number of carboxylic acid groups (broad SMARTS) is 1. The maximum atomic E-state index is 10.9. The largest absolute Gasteiger partial charge is 0.478 e. The maximum absolute atomic E-state index is 10.9. The SMILES string of the molecule is CCC(=CCN(C)c1cc(C)cc(C)c1)C(=O)O. The van der Waals surface area contributed by atoms with E-state index in [0.717, 1.165) is 5.69 Å². The van der Waals surface area contributed by atoms with Crippen LogP contribution in [0.25, 0.3) is 0 Å². The summed E-state index contributed by atoms with van der Waals surface area (Å²) in [6, 6.07) is 6.34. The molecule has 0 saturated carbocycles. The summed E-state index contributed by atoms with van der Waals surface area (Å²) in [6.45, 7) is 6.60. The van der Waals surface area contributed by atoms with Crippen molar-refractivity contribution in [3.8, 4) is 0 Å². The van der Waals surface area contributed by atoms with Crippen LogP contribution in [0.15, 0.2) is 29.8 Å². The van der Waals surface area contributed by atoms with Crippen LogP contribution < -0.4 is 4.90 Å². The van der Waals surface area contributed by atoms with Crippen LogP contribution in [0, 0.1) is 13.8 Å². The number of anilines is 1. The summed E-state index contributed by atoms with van der Waals surface area (Å²) < 4.78 is 0. The van der Waals surface area contributed by atoms with Crippen molar-refractivity contribution >= 4 is 11.7 Å². The first-order valence-corrected chi connectivity index (χ1v) is 6.15. The van der Waals surface area contributed by atoms with E-state index in [1.165, 1.54) is 11.1 Å². The molecule has 3 heteroatoms. The van der Waals surface area contributed by atoms with E-state index in [4.69, 9.17) is 5.11 Å². The molecule has 0 spiro atoms. The molecule has 0 amide bonds. The zero-order valence-electron chi connectivity index (χ0n) is 11.5. The third-order valence-electron chi connectivity index (χ3n) is 2.91. The zero-order chi connectivity index (χ0) is 13.7. The van der Waals surface area contributed by atoms with Crippen LogP contribution in [-0.4, -0.2) is 24.7 Å². The molecule has 18 heavy (non-hydrogen) atoms. The number of benzene rings is 1. The van der Waals surface area contributed by atoms with Gasteiger partial charge in [0.05, 0.1) is 0 Å². The fraction of sp³-hybridized carbons (Fsp3) is 0.400. The smallest absolute Gasteiger partial charge is 0.331 e. The van der Waals surface area contributed by atoms with E-state index < -0.39 is 5.97 Å². The Bertz CT molecular complexity index is 443. The fourth-order valence-electron chi connectivity index (χ4n) is 1.91. The molecular formula is C15H21NO2. The van der Waals surface area contributed by atoms with Crippen molar-refractivity contribution in [3.05, 3.63) is 41.0 Å². The maximum Gasteiger partial charge on any atom is 0.331 e. The Morgan fingerprint density at radius 3 is 2.28 bits per heavy atom. The molecular weight excluding hydrogens is 226 g/mol. The van der Waals surface area contributed by atoms with Gasteiger partial charge >= 0.3 is 5.97 Å². The Morgan fingerprint density at radius 2 is 1.83 bits per heavy atom. The van der Waals surface area contributed by atoms with Crippen molar-refractivity contribution in [1.29, 1.82) is 0 Å². The van der Waals surface area contributed by atoms with Crippen LogP contribution in [0.4, 0.5) is 5.69 Å². The second-order valence-electron chi connectivity index (χ2n) is 4.61. The molecule has 1 aromatic rings. The summed E-state index contributed by atoms with van der Waals surface area (Å²) in [7, 11) is 1.97. The molecule has 98 valence electrons. The molecule has 0 aliphatic heterocycles. The minimum absolute atomic E-state index is 0.464. The molecule has 0 saturated heterocycles. The Balaban J connectivity index is 2.82. The molecule has 0 unspecified atom stereocenters. The summed E-state index contributed by atoms with van der Waals surface area (Å²) in [4.78, 5) is 13.0. The first-order chi connectivity index (χ1) is 8.43. The van der Waals surface area contributed by atoms with Crippen LogP contribution >= 0.6 is 0 Å². The highest BCUT2D eigenvalue weighted by Crippen LogP contribution is 2.17. The van der Waals surface area contributed by atoms with Crippen molar-refractivity contribution in [2.24, 2.45) is 0 Å². The lowest BCUT2D eigenvalue weighted by molar-refractivity contribution is -0.132. The molecule has 0 bridgehead atoms. The number of nitrogens with zero attached hydrogens (tertiary/aromatic N) is 1. The van der Waals surface area contributed by atoms with E-state index in [2.05, 4.69) is 36.9 Å². The minimum Gasteiger partial charge on any atom is -0.478 e. The predicted octanol–water partition coefficient (Wildman–Crippen LogP) is 3.16. The molecule has 0 fully saturated rings. The lowest BCUT2D eigenvalue weighted by atomic mass is 10.1. The normalized spacial score (nSPS) is 11.4. The van der Waals surface area contributed by atoms with Gasteiger partial charge < -0.3 is 10.0 Å². The van der Waals surface area contributed by atoms with E-state index in [9.17, 15) is 4.79 Å². The molecule has 0 heterocycles. The van der Waals surface area contributed by atoms with Crippen molar-refractivity contribution in [3.63, 3.8) is 0 Å². The predicted molar refractivity (Wildman–Crippen MR) is 75.2 cm³/mol. The Hall–Kier alpha value is -1.77. The molecule has 0 radical (unpaired) electrons. The van der Waals surface area contributed by atoms with Crippen LogP contribution in [0.2, 0.25) is 0 Å². The van der Waals surface area contributed by atoms with Crippen molar-refractivity contribution in [1.82, 2.24) is 0 Å². The molecule has 1 aromatic carbocycles. The van der Waals surface area contributed by atoms with E-state index in [0.29, 0.717) is 18.5 Å². The van der Waals surface area contributed by atoms with E-state index in [1.807, 2.05) is 14.0 Å². The first-order valence-electron chi connectivity index (χ1n) is 6.15. The van der Waals surface area contributed by atoms with Gasteiger partial charge in [0, 0.05) is 24.9 Å². The van der Waals surface area contributed by atoms with E-state index in [-0.39, 0.29) is 0 Å². The van der Waals surface area contributed by atoms with Gasteiger partial charge in [0.1, 0.15) is 0 Å². The van der Waals surface area contributed by atoms with Crippen LogP contribution in [0.5, 0.6) is 0 Å². The molecule has 0 aromatic heterocycles. The van der Waals surface area contributed by atoms with Gasteiger partial charge in [0.25, 0.3) is 0 Å². The summed E-state index contributed by atoms with van der Waals surface area (Å²) in [5.74, 6) is -0.827. The van der Waals surface area contributed by atoms with Gasteiger partial charge in [-0.25, -0.2) is 4.79 Å². The number of carbonyl (C=O) groups is 1. The van der Waals surface area contributed by atoms with Gasteiger partial charge in [-0.05, 0) is 43.5 Å². The molecule has 0 atom stereocenters. The Labute approximate surface area is 109 Å². The van der Waals surface area contributed by atoms with Gasteiger partial charge in [0.15, 0.2) is 0 Å². The van der Waals surface area contributed by atoms with Crippen LogP contribution in [-0.2, 0) is 4.79 Å². The number of rotatable bonds is 5. The Kier molecular flexibility index (Phi) is 4.95. The summed E-state index contributed by atoms with van der Waals surface area (Å²) in [5, 5.41) is 8.96. The summed E-state index contributed by atoms with van der Waals surface area (Å²) in [5.41, 5.74) is 4.01. The quantitative estimate of drug-likeness (QED) is 0.812. The van der Waals surface area contributed by atoms with E-state index in [1.54, 1.807) is 6.08 Å². The molecule has 3 nitrogen and oxygen atoms in total. The van der Waals surface area contributed by atoms with Crippen LogP contribution in [0.3, 0.4) is 0 Å². The average molecular weight is 247 g/mol. The molecule has 0 aliphatic rings. The van der Waals surface area contributed by atoms with Crippen LogP contribution in [0.1, 0.15) is 24.5 Å². The number of aryl methyl sites for hydroxylation is 2. The van der Waals surface area contributed by atoms with Gasteiger partial charge in [-0.2, -0.15) is 0 Å². The number of likely N-dealkylation sites (N-methyl/N-ethyl adjacent to an activating group) is 1. The lowest BCUT2D eigenvalue weighted by Gasteiger charge is -2.19. The van der Waals surface area contributed by atoms with Gasteiger partial charge in [0.2, 0.25) is 0 Å². The van der Waals surface area contributed by atoms with E-state index >= 15 is 0 Å². The number of carboxylic acids is 1. The second-order valence-corrected chi connectivity index (χ2v) is 4.61. The van der Waals surface area contributed by atoms with Gasteiger partial charge in [-0.15, -0.1) is 0 Å². The number of hydrogen-bond acceptors (Lipinski definition) is 2. The van der Waals surface area contributed by atoms with Gasteiger partial charge in [-0.1, -0.05) is 19.1 Å². The average Bonchev–Trinajstić information content (AvgIpc) is 2.27. The standard InChI is InChI=1S/C15H21NO2/c1-5-13(15(17)18)6-7-16(4)14-9-11(2)8-12(3)10-14/h6,8-10H,5,7H2,1-4H3,(H,17,18). The lowest BCUT2D eigenvalue weighted by Crippen LogP contribution is -2.18. The third-order valence-corrected chi connectivity index (χ3v) is 2.91. The first kappa shape index (κ1) is 14.3. The monoisotopic (exact) mass is 247 g/mol. The van der Waals surface area contributed by atoms with Gasteiger partial charge in [-0.3, -0.25) is 0 Å². The highest BCUT2D eigenvalue weighted by atomic mass is 16.4. The summed E-state index contributed by atoms with van der Waals surface area (Å²) >= 11 is 0. The topological polar surface area (TPSA) is 40.5 Å². The fourth-order valence-corrected chi connectivity index (χ4v) is 1.91. The third kappa shape index (κ3) is 3.91. The summed E-state index contributed by atoms with van der Waals surface area (Å²) in [6.07, 6.45) is 2.33. The zero-order valence-corrected chi connectivity index (χ0v) is 11.5. The number of aliphatic carboxylic acids is 1. The minimum atomic E-state index is -0.827. The highest BCUT2D eigenvalue weighted by Gasteiger charge is 2.05. The van der Waals surface area contributed by atoms with Crippen molar-refractivity contribution < 1.29 is 9.90 Å². The Morgan fingerprint density at radius 1 is 1.28 bits per heavy atom. The number of hydrogen-bond donors (Lipinski definition) is 1. The molecule has 1 N–H and O–H groups in total.